The van der Waals surface area contributed by atoms with Crippen molar-refractivity contribution in [1.82, 2.24) is 0 Å². The van der Waals surface area contributed by atoms with Gasteiger partial charge in [-0.1, -0.05) is 0 Å². The lowest BCUT2D eigenvalue weighted by Gasteiger charge is -2.31. The van der Waals surface area contributed by atoms with Crippen LogP contribution in [0.1, 0.15) is 12.8 Å². The molecule has 10 nitrogen and oxygen atoms in total. The number of hydrogen-bond donors (Lipinski definition) is 3. The van der Waals surface area contributed by atoms with Crippen molar-refractivity contribution in [2.75, 3.05) is 47.5 Å². The van der Waals surface area contributed by atoms with Crippen molar-refractivity contribution in [2.24, 2.45) is 0 Å². The average molecular weight is 372 g/mol. The van der Waals surface area contributed by atoms with Crippen molar-refractivity contribution in [3.63, 3.8) is 0 Å². The molecule has 0 saturated carbocycles. The van der Waals surface area contributed by atoms with Crippen molar-refractivity contribution in [3.05, 3.63) is 0 Å². The predicted molar refractivity (Wildman–Crippen MR) is 81.7 cm³/mol. The normalized spacial score (nSPS) is 24.2. The first-order valence-electron chi connectivity index (χ1n) is 7.61. The number of carbonyl (C=O) groups excluding carboxylic acids is 1. The fourth-order valence-corrected chi connectivity index (χ4v) is 2.91. The van der Waals surface area contributed by atoms with E-state index in [0.29, 0.717) is 23.9 Å². The predicted octanol–water partition coefficient (Wildman–Crippen LogP) is -0.772. The molecule has 1 heterocycles. The first-order chi connectivity index (χ1) is 11.0. The summed E-state index contributed by atoms with van der Waals surface area (Å²) in [7, 11) is 0.772. The molecule has 0 aliphatic carbocycles. The molecular formula is C13H27NO9P+. The van der Waals surface area contributed by atoms with E-state index < -0.39 is 45.1 Å². The Hall–Kier alpha value is -0.420. The summed E-state index contributed by atoms with van der Waals surface area (Å²) in [6.07, 6.45) is -2.40. The third-order valence-corrected chi connectivity index (χ3v) is 4.12. The number of Topliss-reactive ketones (excluding diaryl/α,β-unsaturated/α-hetero) is 1. The van der Waals surface area contributed by atoms with Crippen LogP contribution in [0.3, 0.4) is 0 Å². The van der Waals surface area contributed by atoms with Crippen molar-refractivity contribution in [1.29, 1.82) is 0 Å². The Morgan fingerprint density at radius 2 is 2.08 bits per heavy atom. The molecule has 1 aliphatic heterocycles. The summed E-state index contributed by atoms with van der Waals surface area (Å²) in [5, 5.41) is 17.9. The SMILES string of the molecule is C[N+](C)(C)CC(OP(=O)(O)OC[C@H](O)CO)C(=O)C1CCCOO1. The lowest BCUT2D eigenvalue weighted by atomic mass is 10.0. The lowest BCUT2D eigenvalue weighted by Crippen LogP contribution is -2.49. The van der Waals surface area contributed by atoms with Crippen LogP contribution in [0.2, 0.25) is 0 Å². The monoisotopic (exact) mass is 372 g/mol. The number of phosphoric ester groups is 1. The van der Waals surface area contributed by atoms with Gasteiger partial charge in [0.25, 0.3) is 0 Å². The van der Waals surface area contributed by atoms with Gasteiger partial charge in [-0.3, -0.25) is 13.8 Å². The summed E-state index contributed by atoms with van der Waals surface area (Å²) in [6.45, 7) is -0.743. The van der Waals surface area contributed by atoms with E-state index in [1.807, 2.05) is 0 Å². The number of phosphoric acid groups is 1. The number of carbonyl (C=O) groups is 1. The molecule has 0 spiro atoms. The molecule has 4 atom stereocenters. The highest BCUT2D eigenvalue weighted by molar-refractivity contribution is 7.47. The van der Waals surface area contributed by atoms with Gasteiger partial charge in [0.2, 0.25) is 0 Å². The minimum absolute atomic E-state index is 0.106. The minimum Gasteiger partial charge on any atom is -0.394 e. The van der Waals surface area contributed by atoms with Crippen LogP contribution in [0.25, 0.3) is 0 Å². The van der Waals surface area contributed by atoms with Crippen LogP contribution in [0, 0.1) is 0 Å². The van der Waals surface area contributed by atoms with E-state index >= 15 is 0 Å². The van der Waals surface area contributed by atoms with Gasteiger partial charge in [0, 0.05) is 0 Å². The van der Waals surface area contributed by atoms with Gasteiger partial charge in [0.05, 0.1) is 41.0 Å². The number of rotatable bonds is 10. The van der Waals surface area contributed by atoms with Crippen LogP contribution in [0.15, 0.2) is 0 Å². The van der Waals surface area contributed by atoms with Crippen molar-refractivity contribution in [2.45, 2.75) is 31.2 Å². The van der Waals surface area contributed by atoms with E-state index in [-0.39, 0.29) is 6.54 Å². The first kappa shape index (κ1) is 21.6. The van der Waals surface area contributed by atoms with E-state index in [4.69, 9.17) is 19.4 Å². The topological polar surface area (TPSA) is 132 Å². The third kappa shape index (κ3) is 8.11. The average Bonchev–Trinajstić information content (AvgIpc) is 2.50. The Morgan fingerprint density at radius 3 is 2.58 bits per heavy atom. The second-order valence-electron chi connectivity index (χ2n) is 6.62. The molecule has 0 aromatic heterocycles. The van der Waals surface area contributed by atoms with Gasteiger partial charge >= 0.3 is 7.82 Å². The van der Waals surface area contributed by atoms with Gasteiger partial charge < -0.3 is 19.6 Å². The van der Waals surface area contributed by atoms with Gasteiger partial charge in [-0.05, 0) is 12.8 Å². The molecule has 3 unspecified atom stereocenters. The number of ketones is 1. The Labute approximate surface area is 141 Å². The second-order valence-corrected chi connectivity index (χ2v) is 8.03. The van der Waals surface area contributed by atoms with E-state index in [1.54, 1.807) is 21.1 Å². The smallest absolute Gasteiger partial charge is 0.394 e. The summed E-state index contributed by atoms with van der Waals surface area (Å²) >= 11 is 0. The molecular weight excluding hydrogens is 345 g/mol. The molecule has 0 aromatic rings. The molecule has 3 N–H and O–H groups in total. The zero-order valence-electron chi connectivity index (χ0n) is 14.2. The fourth-order valence-electron chi connectivity index (χ4n) is 2.00. The van der Waals surface area contributed by atoms with Crippen LogP contribution in [0.4, 0.5) is 0 Å². The van der Waals surface area contributed by atoms with Gasteiger partial charge in [0.1, 0.15) is 12.6 Å². The summed E-state index contributed by atoms with van der Waals surface area (Å²) in [5.74, 6) is -0.511. The zero-order valence-corrected chi connectivity index (χ0v) is 15.1. The number of aliphatic hydroxyl groups excluding tert-OH is 2. The molecule has 1 saturated heterocycles. The van der Waals surface area contributed by atoms with Crippen molar-refractivity contribution >= 4 is 13.6 Å². The number of hydrogen-bond acceptors (Lipinski definition) is 8. The minimum atomic E-state index is -4.61. The van der Waals surface area contributed by atoms with Crippen LogP contribution >= 0.6 is 7.82 Å². The standard InChI is InChI=1S/C13H26NO9P/c1-14(2,3)7-12(13(17)11-5-4-6-20-22-11)23-24(18,19)21-9-10(16)8-15/h10-12,15-16H,4-9H2,1-3H3/p+1/t10-,11?,12?/m1/s1. The van der Waals surface area contributed by atoms with E-state index in [1.165, 1.54) is 0 Å². The fraction of sp³-hybridized carbons (Fsp3) is 0.923. The van der Waals surface area contributed by atoms with E-state index in [2.05, 4.69) is 4.52 Å². The molecule has 0 bridgehead atoms. The molecule has 1 aliphatic rings. The Bertz CT molecular complexity index is 447. The van der Waals surface area contributed by atoms with Crippen LogP contribution in [-0.4, -0.2) is 91.2 Å². The first-order valence-corrected chi connectivity index (χ1v) is 9.11. The number of nitrogens with zero attached hydrogens (tertiary/aromatic N) is 1. The maximum atomic E-state index is 12.5. The third-order valence-electron chi connectivity index (χ3n) is 3.13. The zero-order chi connectivity index (χ0) is 18.4. The molecule has 142 valence electrons. The Balaban J connectivity index is 2.77. The van der Waals surface area contributed by atoms with Crippen LogP contribution < -0.4 is 0 Å². The molecule has 1 rings (SSSR count). The highest BCUT2D eigenvalue weighted by atomic mass is 31.2. The largest absolute Gasteiger partial charge is 0.473 e. The molecule has 0 aromatic carbocycles. The quantitative estimate of drug-likeness (QED) is 0.257. The summed E-state index contributed by atoms with van der Waals surface area (Å²) in [5.41, 5.74) is 0. The van der Waals surface area contributed by atoms with Gasteiger partial charge in [-0.25, -0.2) is 14.3 Å². The highest BCUT2D eigenvalue weighted by Gasteiger charge is 2.39. The van der Waals surface area contributed by atoms with Gasteiger partial charge in [-0.2, -0.15) is 0 Å². The Morgan fingerprint density at radius 1 is 1.42 bits per heavy atom. The molecule has 24 heavy (non-hydrogen) atoms. The number of likely N-dealkylation sites (N-methyl/N-ethyl adjacent to an activating group) is 1. The van der Waals surface area contributed by atoms with Crippen molar-refractivity contribution in [3.8, 4) is 0 Å². The molecule has 11 heteroatoms. The molecule has 0 radical (unpaired) electrons. The van der Waals surface area contributed by atoms with Gasteiger partial charge in [-0.15, -0.1) is 0 Å². The van der Waals surface area contributed by atoms with Crippen LogP contribution in [-0.2, 0) is 28.2 Å². The maximum absolute atomic E-state index is 12.5. The Kier molecular flexibility index (Phi) is 8.40. The summed E-state index contributed by atoms with van der Waals surface area (Å²) in [4.78, 5) is 32.0. The van der Waals surface area contributed by atoms with Gasteiger partial charge in [0.15, 0.2) is 18.0 Å². The highest BCUT2D eigenvalue weighted by Crippen LogP contribution is 2.45. The molecule has 0 amide bonds. The number of quaternary nitrogens is 1. The molecule has 1 fully saturated rings. The van der Waals surface area contributed by atoms with E-state index in [9.17, 15) is 19.4 Å². The van der Waals surface area contributed by atoms with Crippen LogP contribution in [0.5, 0.6) is 0 Å². The number of aliphatic hydroxyl groups is 2. The van der Waals surface area contributed by atoms with Crippen molar-refractivity contribution < 1.29 is 47.8 Å². The second kappa shape index (κ2) is 9.33. The lowest BCUT2D eigenvalue weighted by molar-refractivity contribution is -0.872. The van der Waals surface area contributed by atoms with E-state index in [0.717, 1.165) is 0 Å². The maximum Gasteiger partial charge on any atom is 0.473 e. The summed E-state index contributed by atoms with van der Waals surface area (Å²) < 4.78 is 21.9. The summed E-state index contributed by atoms with van der Waals surface area (Å²) in [6, 6.07) is 0.